The van der Waals surface area contributed by atoms with Gasteiger partial charge in [0.2, 0.25) is 0 Å². The fraction of sp³-hybridized carbons (Fsp3) is 0.154. The van der Waals surface area contributed by atoms with Crippen LogP contribution in [0.2, 0.25) is 0 Å². The van der Waals surface area contributed by atoms with Crippen molar-refractivity contribution in [1.82, 2.24) is 4.98 Å². The molecule has 2 aromatic rings. The summed E-state index contributed by atoms with van der Waals surface area (Å²) in [5.41, 5.74) is 1.38. The third-order valence-corrected chi connectivity index (χ3v) is 2.48. The van der Waals surface area contributed by atoms with Crippen LogP contribution in [0.1, 0.15) is 5.56 Å². The zero-order valence-corrected chi connectivity index (χ0v) is 9.87. The van der Waals surface area contributed by atoms with E-state index < -0.39 is 4.92 Å². The number of nitro groups is 1. The van der Waals surface area contributed by atoms with E-state index in [9.17, 15) is 10.1 Å². The molecule has 0 aliphatic heterocycles. The normalized spacial score (nSPS) is 11.2. The maximum atomic E-state index is 10.8. The van der Waals surface area contributed by atoms with Crippen molar-refractivity contribution in [3.05, 3.63) is 52.1 Å². The van der Waals surface area contributed by atoms with Crippen LogP contribution >= 0.6 is 0 Å². The van der Waals surface area contributed by atoms with Gasteiger partial charge < -0.3 is 14.9 Å². The molecule has 18 heavy (non-hydrogen) atoms. The number of rotatable bonds is 4. The van der Waals surface area contributed by atoms with Crippen LogP contribution in [-0.2, 0) is 4.74 Å². The average Bonchev–Trinajstić information content (AvgIpc) is 2.38. The number of hydrogen-bond acceptors (Lipinski definition) is 4. The highest BCUT2D eigenvalue weighted by Gasteiger charge is 2.12. The molecule has 0 radical (unpaired) electrons. The SMILES string of the molecule is COCC=Cc1cc([N+](=O)[O-])nc2ccccc12. The number of para-hydroxylation sites is 1. The minimum Gasteiger partial charge on any atom is -0.381 e. The van der Waals surface area contributed by atoms with Crippen LogP contribution in [0.4, 0.5) is 5.82 Å². The lowest BCUT2D eigenvalue weighted by molar-refractivity contribution is -0.389. The van der Waals surface area contributed by atoms with Gasteiger partial charge in [-0.1, -0.05) is 24.3 Å². The van der Waals surface area contributed by atoms with Gasteiger partial charge in [0.15, 0.2) is 5.52 Å². The van der Waals surface area contributed by atoms with Crippen LogP contribution in [0.15, 0.2) is 36.4 Å². The van der Waals surface area contributed by atoms with E-state index in [0.29, 0.717) is 12.1 Å². The fourth-order valence-corrected chi connectivity index (χ4v) is 1.69. The molecule has 0 spiro atoms. The van der Waals surface area contributed by atoms with Gasteiger partial charge in [0, 0.05) is 18.6 Å². The van der Waals surface area contributed by atoms with Crippen LogP contribution in [-0.4, -0.2) is 23.6 Å². The van der Waals surface area contributed by atoms with Gasteiger partial charge in [0.05, 0.1) is 6.61 Å². The molecule has 5 heteroatoms. The van der Waals surface area contributed by atoms with E-state index in [-0.39, 0.29) is 5.82 Å². The molecule has 0 N–H and O–H groups in total. The van der Waals surface area contributed by atoms with E-state index in [0.717, 1.165) is 10.9 Å². The van der Waals surface area contributed by atoms with Crippen molar-refractivity contribution in [2.75, 3.05) is 13.7 Å². The molecule has 0 amide bonds. The molecule has 0 unspecified atom stereocenters. The van der Waals surface area contributed by atoms with Gasteiger partial charge in [-0.15, -0.1) is 0 Å². The molecule has 1 aromatic carbocycles. The van der Waals surface area contributed by atoms with Crippen molar-refractivity contribution >= 4 is 22.8 Å². The molecule has 1 heterocycles. The minimum atomic E-state index is -0.486. The Bertz CT molecular complexity index is 608. The molecule has 0 atom stereocenters. The van der Waals surface area contributed by atoms with Gasteiger partial charge >= 0.3 is 5.82 Å². The van der Waals surface area contributed by atoms with Crippen molar-refractivity contribution in [2.45, 2.75) is 0 Å². The van der Waals surface area contributed by atoms with Gasteiger partial charge in [-0.2, -0.15) is 0 Å². The predicted molar refractivity (Wildman–Crippen MR) is 69.3 cm³/mol. The summed E-state index contributed by atoms with van der Waals surface area (Å²) in [4.78, 5) is 14.3. The molecule has 0 aliphatic carbocycles. The largest absolute Gasteiger partial charge is 0.381 e. The molecule has 0 saturated carbocycles. The smallest absolute Gasteiger partial charge is 0.364 e. The predicted octanol–water partition coefficient (Wildman–Crippen LogP) is 2.80. The highest BCUT2D eigenvalue weighted by molar-refractivity contribution is 5.88. The number of pyridine rings is 1. The standard InChI is InChI=1S/C13H12N2O3/c1-18-8-4-5-10-9-13(15(16)17)14-12-7-3-2-6-11(10)12/h2-7,9H,8H2,1H3. The van der Waals surface area contributed by atoms with Crippen LogP contribution in [0.25, 0.3) is 17.0 Å². The lowest BCUT2D eigenvalue weighted by atomic mass is 10.1. The number of benzene rings is 1. The number of methoxy groups -OCH3 is 1. The topological polar surface area (TPSA) is 65.3 Å². The molecule has 0 saturated heterocycles. The Hall–Kier alpha value is -2.27. The van der Waals surface area contributed by atoms with E-state index in [2.05, 4.69) is 4.98 Å². The van der Waals surface area contributed by atoms with E-state index in [1.54, 1.807) is 19.3 Å². The molecule has 0 fully saturated rings. The summed E-state index contributed by atoms with van der Waals surface area (Å²) in [6.45, 7) is 0.463. The zero-order chi connectivity index (χ0) is 13.0. The molecule has 0 bridgehead atoms. The highest BCUT2D eigenvalue weighted by atomic mass is 16.6. The van der Waals surface area contributed by atoms with Gasteiger partial charge in [0.1, 0.15) is 0 Å². The van der Waals surface area contributed by atoms with Gasteiger partial charge in [-0.05, 0) is 27.6 Å². The first kappa shape index (κ1) is 12.2. The van der Waals surface area contributed by atoms with Crippen LogP contribution in [0.5, 0.6) is 0 Å². The second-order valence-electron chi connectivity index (χ2n) is 3.70. The minimum absolute atomic E-state index is 0.147. The number of fused-ring (bicyclic) bond motifs is 1. The van der Waals surface area contributed by atoms with Crippen LogP contribution in [0, 0.1) is 10.1 Å². The van der Waals surface area contributed by atoms with Crippen molar-refractivity contribution in [3.63, 3.8) is 0 Å². The molecule has 1 aromatic heterocycles. The van der Waals surface area contributed by atoms with Gasteiger partial charge in [-0.25, -0.2) is 0 Å². The second kappa shape index (κ2) is 5.37. The quantitative estimate of drug-likeness (QED) is 0.612. The summed E-state index contributed by atoms with van der Waals surface area (Å²) in [5, 5.41) is 11.7. The Kier molecular flexibility index (Phi) is 3.64. The molecule has 2 rings (SSSR count). The van der Waals surface area contributed by atoms with Crippen molar-refractivity contribution < 1.29 is 9.66 Å². The average molecular weight is 244 g/mol. The summed E-state index contributed by atoms with van der Waals surface area (Å²) in [5.74, 6) is -0.147. The van der Waals surface area contributed by atoms with E-state index in [4.69, 9.17) is 4.74 Å². The molecule has 0 aliphatic rings. The molecular weight excluding hydrogens is 232 g/mol. The first-order valence-corrected chi connectivity index (χ1v) is 5.42. The van der Waals surface area contributed by atoms with Crippen molar-refractivity contribution in [2.24, 2.45) is 0 Å². The third-order valence-electron chi connectivity index (χ3n) is 2.48. The summed E-state index contributed by atoms with van der Waals surface area (Å²) in [7, 11) is 1.59. The number of aromatic nitrogens is 1. The molecule has 5 nitrogen and oxygen atoms in total. The lowest BCUT2D eigenvalue weighted by Gasteiger charge is -2.00. The van der Waals surface area contributed by atoms with Crippen LogP contribution in [0.3, 0.4) is 0 Å². The van der Waals surface area contributed by atoms with E-state index in [1.807, 2.05) is 24.3 Å². The van der Waals surface area contributed by atoms with E-state index >= 15 is 0 Å². The Labute approximate surface area is 104 Å². The highest BCUT2D eigenvalue weighted by Crippen LogP contribution is 2.22. The summed E-state index contributed by atoms with van der Waals surface area (Å²) in [6, 6.07) is 8.80. The Morgan fingerprint density at radius 2 is 2.22 bits per heavy atom. The van der Waals surface area contributed by atoms with Gasteiger partial charge in [-0.3, -0.25) is 0 Å². The fourth-order valence-electron chi connectivity index (χ4n) is 1.69. The van der Waals surface area contributed by atoms with Crippen molar-refractivity contribution in [1.29, 1.82) is 0 Å². The Morgan fingerprint density at radius 1 is 1.44 bits per heavy atom. The third kappa shape index (κ3) is 2.52. The number of ether oxygens (including phenoxy) is 1. The Balaban J connectivity index is 2.57. The summed E-state index contributed by atoms with van der Waals surface area (Å²) < 4.78 is 4.92. The summed E-state index contributed by atoms with van der Waals surface area (Å²) in [6.07, 6.45) is 3.62. The second-order valence-corrected chi connectivity index (χ2v) is 3.70. The molecule has 92 valence electrons. The number of nitrogens with zero attached hydrogens (tertiary/aromatic N) is 2. The maximum absolute atomic E-state index is 10.8. The Morgan fingerprint density at radius 3 is 2.94 bits per heavy atom. The monoisotopic (exact) mass is 244 g/mol. The lowest BCUT2D eigenvalue weighted by Crippen LogP contribution is -1.94. The van der Waals surface area contributed by atoms with Crippen LogP contribution < -0.4 is 0 Å². The van der Waals surface area contributed by atoms with Crippen molar-refractivity contribution in [3.8, 4) is 0 Å². The zero-order valence-electron chi connectivity index (χ0n) is 9.87. The maximum Gasteiger partial charge on any atom is 0.364 e. The van der Waals surface area contributed by atoms with Gasteiger partial charge in [0.25, 0.3) is 0 Å². The van der Waals surface area contributed by atoms with E-state index in [1.165, 1.54) is 6.07 Å². The first-order chi connectivity index (χ1) is 8.72. The summed E-state index contributed by atoms with van der Waals surface area (Å²) >= 11 is 0. The number of hydrogen-bond donors (Lipinski definition) is 0. The first-order valence-electron chi connectivity index (χ1n) is 5.42. The molecular formula is C13H12N2O3.